The van der Waals surface area contributed by atoms with Gasteiger partial charge >= 0.3 is 6.03 Å². The van der Waals surface area contributed by atoms with Crippen molar-refractivity contribution < 1.29 is 9.90 Å². The van der Waals surface area contributed by atoms with E-state index in [2.05, 4.69) is 15.6 Å². The Bertz CT molecular complexity index is 575. The van der Waals surface area contributed by atoms with Gasteiger partial charge in [0.1, 0.15) is 0 Å². The third kappa shape index (κ3) is 4.56. The topological polar surface area (TPSA) is 74.2 Å². The Morgan fingerprint density at radius 1 is 1.09 bits per heavy atom. The van der Waals surface area contributed by atoms with Gasteiger partial charge in [0.25, 0.3) is 0 Å². The van der Waals surface area contributed by atoms with Crippen LogP contribution < -0.4 is 10.6 Å². The third-order valence-corrected chi connectivity index (χ3v) is 3.48. The fraction of sp³-hybridized carbons (Fsp3) is 0.294. The molecule has 0 aliphatic rings. The van der Waals surface area contributed by atoms with Crippen LogP contribution >= 0.6 is 0 Å². The van der Waals surface area contributed by atoms with E-state index in [1.54, 1.807) is 12.4 Å². The van der Waals surface area contributed by atoms with E-state index in [9.17, 15) is 9.90 Å². The maximum atomic E-state index is 12.2. The first-order valence-corrected chi connectivity index (χ1v) is 7.33. The summed E-state index contributed by atoms with van der Waals surface area (Å²) < 4.78 is 0. The zero-order valence-corrected chi connectivity index (χ0v) is 12.6. The summed E-state index contributed by atoms with van der Waals surface area (Å²) in [5, 5.41) is 15.0. The quantitative estimate of drug-likeness (QED) is 0.767. The molecule has 0 saturated heterocycles. The number of rotatable bonds is 6. The number of nitrogens with one attached hydrogen (secondary N) is 2. The molecule has 0 aliphatic heterocycles. The first-order chi connectivity index (χ1) is 10.7. The van der Waals surface area contributed by atoms with Crippen LogP contribution in [0.1, 0.15) is 36.6 Å². The summed E-state index contributed by atoms with van der Waals surface area (Å²) in [6.45, 7) is 1.93. The normalized spacial score (nSPS) is 13.2. The molecule has 22 heavy (non-hydrogen) atoms. The molecule has 0 bridgehead atoms. The molecule has 2 aromatic rings. The molecule has 2 rings (SSSR count). The van der Waals surface area contributed by atoms with Crippen molar-refractivity contribution in [3.63, 3.8) is 0 Å². The zero-order chi connectivity index (χ0) is 15.8. The van der Waals surface area contributed by atoms with Gasteiger partial charge in [0.2, 0.25) is 0 Å². The second-order valence-electron chi connectivity index (χ2n) is 5.10. The van der Waals surface area contributed by atoms with Gasteiger partial charge in [-0.25, -0.2) is 4.79 Å². The maximum Gasteiger partial charge on any atom is 0.315 e. The Hall–Kier alpha value is -2.40. The number of benzene rings is 1. The number of carbonyl (C=O) groups is 1. The van der Waals surface area contributed by atoms with Crippen molar-refractivity contribution >= 4 is 6.03 Å². The van der Waals surface area contributed by atoms with E-state index in [-0.39, 0.29) is 24.7 Å². The van der Waals surface area contributed by atoms with Gasteiger partial charge in [0, 0.05) is 19.0 Å². The summed E-state index contributed by atoms with van der Waals surface area (Å²) in [7, 11) is 0. The van der Waals surface area contributed by atoms with Gasteiger partial charge in [-0.2, -0.15) is 0 Å². The number of nitrogens with zero attached hydrogens (tertiary/aromatic N) is 1. The average Bonchev–Trinajstić information content (AvgIpc) is 2.56. The Morgan fingerprint density at radius 2 is 1.77 bits per heavy atom. The summed E-state index contributed by atoms with van der Waals surface area (Å²) in [5.41, 5.74) is 1.96. The minimum atomic E-state index is -0.258. The summed E-state index contributed by atoms with van der Waals surface area (Å²) in [6.07, 6.45) is 3.87. The van der Waals surface area contributed by atoms with Crippen LogP contribution in [-0.2, 0) is 0 Å². The largest absolute Gasteiger partial charge is 0.396 e. The summed E-state index contributed by atoms with van der Waals surface area (Å²) in [4.78, 5) is 16.1. The molecule has 5 heteroatoms. The molecule has 0 radical (unpaired) electrons. The van der Waals surface area contributed by atoms with E-state index >= 15 is 0 Å². The number of hydrogen-bond donors (Lipinski definition) is 3. The van der Waals surface area contributed by atoms with Gasteiger partial charge in [-0.3, -0.25) is 4.98 Å². The van der Waals surface area contributed by atoms with Crippen molar-refractivity contribution in [2.75, 3.05) is 6.61 Å². The van der Waals surface area contributed by atoms with Crippen molar-refractivity contribution in [3.8, 4) is 0 Å². The molecule has 2 amide bonds. The minimum absolute atomic E-state index is 0.0136. The molecule has 0 spiro atoms. The highest BCUT2D eigenvalue weighted by Crippen LogP contribution is 2.16. The molecule has 2 atom stereocenters. The van der Waals surface area contributed by atoms with Crippen LogP contribution in [0.15, 0.2) is 54.9 Å². The highest BCUT2D eigenvalue weighted by Gasteiger charge is 2.15. The van der Waals surface area contributed by atoms with E-state index in [0.717, 1.165) is 11.1 Å². The van der Waals surface area contributed by atoms with Gasteiger partial charge in [-0.1, -0.05) is 30.3 Å². The molecular formula is C17H21N3O2. The fourth-order valence-electron chi connectivity index (χ4n) is 2.27. The van der Waals surface area contributed by atoms with Crippen molar-refractivity contribution in [1.29, 1.82) is 0 Å². The zero-order valence-electron chi connectivity index (χ0n) is 12.6. The second-order valence-corrected chi connectivity index (χ2v) is 5.10. The Labute approximate surface area is 130 Å². The summed E-state index contributed by atoms with van der Waals surface area (Å²) in [5.74, 6) is 0. The molecule has 0 fully saturated rings. The fourth-order valence-corrected chi connectivity index (χ4v) is 2.27. The lowest BCUT2D eigenvalue weighted by atomic mass is 10.0. The molecule has 1 aromatic carbocycles. The van der Waals surface area contributed by atoms with Crippen LogP contribution in [0.5, 0.6) is 0 Å². The summed E-state index contributed by atoms with van der Waals surface area (Å²) in [6, 6.07) is 12.8. The number of carbonyl (C=O) groups excluding carboxylic acids is 1. The van der Waals surface area contributed by atoms with Crippen LogP contribution in [-0.4, -0.2) is 22.7 Å². The number of urea groups is 1. The lowest BCUT2D eigenvalue weighted by molar-refractivity contribution is 0.226. The highest BCUT2D eigenvalue weighted by atomic mass is 16.3. The molecule has 1 heterocycles. The van der Waals surface area contributed by atoms with E-state index in [1.165, 1.54) is 0 Å². The smallest absolute Gasteiger partial charge is 0.315 e. The molecule has 1 unspecified atom stereocenters. The second kappa shape index (κ2) is 8.14. The van der Waals surface area contributed by atoms with Crippen LogP contribution in [0.4, 0.5) is 4.79 Å². The first-order valence-electron chi connectivity index (χ1n) is 7.33. The molecule has 0 aliphatic carbocycles. The molecule has 1 aromatic heterocycles. The average molecular weight is 299 g/mol. The minimum Gasteiger partial charge on any atom is -0.396 e. The van der Waals surface area contributed by atoms with E-state index < -0.39 is 0 Å². The standard InChI is InChI=1S/C17H21N3O2/c1-13(14-7-10-18-11-8-14)19-17(22)20-16(9-12-21)15-5-3-2-4-6-15/h2-8,10-11,13,16,21H,9,12H2,1H3,(H2,19,20,22)/t13?,16-/m1/s1. The van der Waals surface area contributed by atoms with E-state index in [0.29, 0.717) is 6.42 Å². The van der Waals surface area contributed by atoms with Gasteiger partial charge in [0.05, 0.1) is 12.1 Å². The Balaban J connectivity index is 1.97. The molecular weight excluding hydrogens is 278 g/mol. The number of hydrogen-bond acceptors (Lipinski definition) is 3. The SMILES string of the molecule is CC(NC(=O)N[C@H](CCO)c1ccccc1)c1ccncc1. The molecule has 3 N–H and O–H groups in total. The summed E-state index contributed by atoms with van der Waals surface area (Å²) >= 11 is 0. The highest BCUT2D eigenvalue weighted by molar-refractivity contribution is 5.75. The lowest BCUT2D eigenvalue weighted by Gasteiger charge is -2.21. The van der Waals surface area contributed by atoms with Gasteiger partial charge in [-0.15, -0.1) is 0 Å². The number of amides is 2. The van der Waals surface area contributed by atoms with Gasteiger partial charge in [-0.05, 0) is 36.6 Å². The van der Waals surface area contributed by atoms with Crippen molar-refractivity contribution in [1.82, 2.24) is 15.6 Å². The number of aliphatic hydroxyl groups excluding tert-OH is 1. The Morgan fingerprint density at radius 3 is 2.41 bits per heavy atom. The Kier molecular flexibility index (Phi) is 5.91. The third-order valence-electron chi connectivity index (χ3n) is 3.48. The molecule has 5 nitrogen and oxygen atoms in total. The number of aromatic nitrogens is 1. The van der Waals surface area contributed by atoms with Crippen LogP contribution in [0.2, 0.25) is 0 Å². The predicted molar refractivity (Wildman–Crippen MR) is 85.2 cm³/mol. The monoisotopic (exact) mass is 299 g/mol. The van der Waals surface area contributed by atoms with Gasteiger partial charge < -0.3 is 15.7 Å². The number of aliphatic hydroxyl groups is 1. The van der Waals surface area contributed by atoms with Gasteiger partial charge in [0.15, 0.2) is 0 Å². The molecule has 0 saturated carbocycles. The number of pyridine rings is 1. The van der Waals surface area contributed by atoms with Crippen molar-refractivity contribution in [3.05, 3.63) is 66.0 Å². The molecule has 116 valence electrons. The lowest BCUT2D eigenvalue weighted by Crippen LogP contribution is -2.39. The van der Waals surface area contributed by atoms with Crippen molar-refractivity contribution in [2.45, 2.75) is 25.4 Å². The van der Waals surface area contributed by atoms with Crippen LogP contribution in [0.25, 0.3) is 0 Å². The van der Waals surface area contributed by atoms with Crippen molar-refractivity contribution in [2.24, 2.45) is 0 Å². The van der Waals surface area contributed by atoms with Crippen LogP contribution in [0, 0.1) is 0 Å². The maximum absolute atomic E-state index is 12.2. The van der Waals surface area contributed by atoms with E-state index in [4.69, 9.17) is 0 Å². The van der Waals surface area contributed by atoms with E-state index in [1.807, 2.05) is 49.4 Å². The first kappa shape index (κ1) is 16.0. The van der Waals surface area contributed by atoms with Crippen LogP contribution in [0.3, 0.4) is 0 Å². The predicted octanol–water partition coefficient (Wildman–Crippen LogP) is 2.57.